The summed E-state index contributed by atoms with van der Waals surface area (Å²) in [5.41, 5.74) is 1.16. The van der Waals surface area contributed by atoms with Crippen LogP contribution in [0, 0.1) is 5.82 Å². The van der Waals surface area contributed by atoms with Crippen molar-refractivity contribution in [1.29, 1.82) is 0 Å². The number of nitrogens with zero attached hydrogens (tertiary/aromatic N) is 1. The first-order valence-corrected chi connectivity index (χ1v) is 8.07. The summed E-state index contributed by atoms with van der Waals surface area (Å²) in [5.74, 6) is -0.803. The Labute approximate surface area is 139 Å². The van der Waals surface area contributed by atoms with Crippen molar-refractivity contribution in [2.75, 3.05) is 13.2 Å². The molecule has 0 N–H and O–H groups in total. The van der Waals surface area contributed by atoms with Gasteiger partial charge in [0.15, 0.2) is 6.10 Å². The molecule has 0 saturated carbocycles. The molecule has 6 heteroatoms. The van der Waals surface area contributed by atoms with Gasteiger partial charge in [-0.05, 0) is 38.0 Å². The van der Waals surface area contributed by atoms with Gasteiger partial charge in [0.2, 0.25) is 0 Å². The van der Waals surface area contributed by atoms with Crippen LogP contribution < -0.4 is 0 Å². The van der Waals surface area contributed by atoms with E-state index in [1.807, 2.05) is 0 Å². The number of pyridine rings is 1. The second-order valence-electron chi connectivity index (χ2n) is 5.82. The minimum atomic E-state index is -0.672. The highest BCUT2D eigenvalue weighted by Gasteiger charge is 2.21. The lowest BCUT2D eigenvalue weighted by atomic mass is 10.1. The third kappa shape index (κ3) is 3.88. The molecule has 3 rings (SSSR count). The van der Waals surface area contributed by atoms with Crippen LogP contribution in [-0.2, 0) is 25.6 Å². The number of halogens is 1. The second-order valence-corrected chi connectivity index (χ2v) is 5.82. The summed E-state index contributed by atoms with van der Waals surface area (Å²) < 4.78 is 30.0. The number of hydrogen-bond donors (Lipinski definition) is 0. The molecule has 0 radical (unpaired) electrons. The average Bonchev–Trinajstić information content (AvgIpc) is 3.12. The van der Waals surface area contributed by atoms with Crippen molar-refractivity contribution in [1.82, 2.24) is 4.98 Å². The van der Waals surface area contributed by atoms with Gasteiger partial charge in [0.25, 0.3) is 0 Å². The maximum Gasteiger partial charge on any atom is 0.335 e. The number of aromatic nitrogens is 1. The lowest BCUT2D eigenvalue weighted by Gasteiger charge is -2.15. The number of carbonyl (C=O) groups is 1. The average molecular weight is 333 g/mol. The summed E-state index contributed by atoms with van der Waals surface area (Å²) in [5, 5.41) is 0.411. The van der Waals surface area contributed by atoms with E-state index in [2.05, 4.69) is 4.98 Å². The molecule has 0 spiro atoms. The molecule has 1 fully saturated rings. The van der Waals surface area contributed by atoms with E-state index in [4.69, 9.17) is 14.2 Å². The third-order valence-electron chi connectivity index (χ3n) is 4.06. The van der Waals surface area contributed by atoms with Crippen molar-refractivity contribution in [3.63, 3.8) is 0 Å². The van der Waals surface area contributed by atoms with Crippen LogP contribution >= 0.6 is 0 Å². The van der Waals surface area contributed by atoms with Crippen LogP contribution in [0.25, 0.3) is 10.9 Å². The Balaban J connectivity index is 1.57. The minimum absolute atomic E-state index is 0.0280. The summed E-state index contributed by atoms with van der Waals surface area (Å²) in [6.45, 7) is 2.81. The predicted octanol–water partition coefficient (Wildman–Crippen LogP) is 3.00. The number of fused-ring (bicyclic) bond motifs is 1. The molecule has 2 aromatic rings. The van der Waals surface area contributed by atoms with Crippen molar-refractivity contribution in [2.45, 2.75) is 38.6 Å². The molecule has 1 aromatic carbocycles. The van der Waals surface area contributed by atoms with E-state index in [0.717, 1.165) is 19.4 Å². The normalized spacial score (nSPS) is 18.7. The molecule has 2 heterocycles. The Morgan fingerprint density at radius 2 is 2.33 bits per heavy atom. The van der Waals surface area contributed by atoms with E-state index < -0.39 is 12.1 Å². The van der Waals surface area contributed by atoms with Crippen molar-refractivity contribution in [2.24, 2.45) is 0 Å². The Kier molecular flexibility index (Phi) is 5.37. The van der Waals surface area contributed by atoms with E-state index >= 15 is 0 Å². The van der Waals surface area contributed by atoms with Crippen LogP contribution in [-0.4, -0.2) is 36.4 Å². The van der Waals surface area contributed by atoms with Gasteiger partial charge in [-0.1, -0.05) is 6.07 Å². The van der Waals surface area contributed by atoms with Crippen molar-refractivity contribution < 1.29 is 23.4 Å². The molecule has 128 valence electrons. The first-order chi connectivity index (χ1) is 11.6. The number of rotatable bonds is 6. The maximum atomic E-state index is 13.8. The minimum Gasteiger partial charge on any atom is -0.459 e. The van der Waals surface area contributed by atoms with Crippen LogP contribution in [0.3, 0.4) is 0 Å². The molecule has 1 saturated heterocycles. The molecule has 2 unspecified atom stereocenters. The molecule has 1 aromatic heterocycles. The summed E-state index contributed by atoms with van der Waals surface area (Å²) in [4.78, 5) is 16.2. The number of ether oxygens (including phenoxy) is 3. The fourth-order valence-electron chi connectivity index (χ4n) is 2.67. The Morgan fingerprint density at radius 3 is 3.12 bits per heavy atom. The number of esters is 1. The zero-order valence-corrected chi connectivity index (χ0v) is 13.5. The largest absolute Gasteiger partial charge is 0.459 e. The first-order valence-electron chi connectivity index (χ1n) is 8.07. The van der Waals surface area contributed by atoms with Crippen LogP contribution in [0.5, 0.6) is 0 Å². The molecule has 0 amide bonds. The van der Waals surface area contributed by atoms with Crippen LogP contribution in [0.4, 0.5) is 4.39 Å². The SMILES string of the molecule is CC(OCC1CCCO1)C(=O)OCc1ccc(F)c2cccnc12. The van der Waals surface area contributed by atoms with Gasteiger partial charge in [-0.25, -0.2) is 9.18 Å². The van der Waals surface area contributed by atoms with Crippen molar-refractivity contribution >= 4 is 16.9 Å². The topological polar surface area (TPSA) is 57.7 Å². The molecule has 0 bridgehead atoms. The molecule has 1 aliphatic rings. The highest BCUT2D eigenvalue weighted by atomic mass is 19.1. The predicted molar refractivity (Wildman–Crippen MR) is 85.9 cm³/mol. The fraction of sp³-hybridized carbons (Fsp3) is 0.444. The van der Waals surface area contributed by atoms with Gasteiger partial charge in [0.1, 0.15) is 12.4 Å². The fourth-order valence-corrected chi connectivity index (χ4v) is 2.67. The van der Waals surface area contributed by atoms with Gasteiger partial charge in [-0.3, -0.25) is 4.98 Å². The zero-order chi connectivity index (χ0) is 16.9. The van der Waals surface area contributed by atoms with E-state index in [9.17, 15) is 9.18 Å². The summed E-state index contributed by atoms with van der Waals surface area (Å²) in [7, 11) is 0. The highest BCUT2D eigenvalue weighted by Crippen LogP contribution is 2.20. The zero-order valence-electron chi connectivity index (χ0n) is 13.5. The monoisotopic (exact) mass is 333 g/mol. The van der Waals surface area contributed by atoms with Gasteiger partial charge < -0.3 is 14.2 Å². The summed E-state index contributed by atoms with van der Waals surface area (Å²) >= 11 is 0. The van der Waals surface area contributed by atoms with E-state index in [1.54, 1.807) is 31.3 Å². The van der Waals surface area contributed by atoms with Crippen LogP contribution in [0.2, 0.25) is 0 Å². The molecule has 0 aliphatic carbocycles. The molecular formula is C18H20FNO4. The lowest BCUT2D eigenvalue weighted by molar-refractivity contribution is -0.159. The van der Waals surface area contributed by atoms with Gasteiger partial charge >= 0.3 is 5.97 Å². The summed E-state index contributed by atoms with van der Waals surface area (Å²) in [6.07, 6.45) is 2.95. The Morgan fingerprint density at radius 1 is 1.46 bits per heavy atom. The Bertz CT molecular complexity index is 715. The number of benzene rings is 1. The summed E-state index contributed by atoms with van der Waals surface area (Å²) in [6, 6.07) is 6.25. The first kappa shape index (κ1) is 16.8. The highest BCUT2D eigenvalue weighted by molar-refractivity contribution is 5.82. The van der Waals surface area contributed by atoms with Crippen LogP contribution in [0.15, 0.2) is 30.5 Å². The number of carbonyl (C=O) groups excluding carboxylic acids is 1. The van der Waals surface area contributed by atoms with Gasteiger partial charge in [-0.15, -0.1) is 0 Å². The number of hydrogen-bond acceptors (Lipinski definition) is 5. The quantitative estimate of drug-likeness (QED) is 0.761. The molecular weight excluding hydrogens is 313 g/mol. The van der Waals surface area contributed by atoms with E-state index in [1.165, 1.54) is 6.07 Å². The lowest BCUT2D eigenvalue weighted by Crippen LogP contribution is -2.27. The Hall–Kier alpha value is -2.05. The molecule has 2 atom stereocenters. The van der Waals surface area contributed by atoms with Gasteiger partial charge in [0, 0.05) is 23.8 Å². The smallest absolute Gasteiger partial charge is 0.335 e. The van der Waals surface area contributed by atoms with Crippen LogP contribution in [0.1, 0.15) is 25.3 Å². The van der Waals surface area contributed by atoms with E-state index in [0.29, 0.717) is 23.1 Å². The molecule has 5 nitrogen and oxygen atoms in total. The maximum absolute atomic E-state index is 13.8. The van der Waals surface area contributed by atoms with Crippen molar-refractivity contribution in [3.8, 4) is 0 Å². The standard InChI is InChI=1S/C18H20FNO4/c1-12(23-11-14-4-3-9-22-14)18(21)24-10-13-6-7-16(19)15-5-2-8-20-17(13)15/h2,5-8,12,14H,3-4,9-11H2,1H3. The van der Waals surface area contributed by atoms with Gasteiger partial charge in [0.05, 0.1) is 18.2 Å². The third-order valence-corrected chi connectivity index (χ3v) is 4.06. The second kappa shape index (κ2) is 7.68. The molecule has 1 aliphatic heterocycles. The van der Waals surface area contributed by atoms with Crippen molar-refractivity contribution in [3.05, 3.63) is 41.8 Å². The molecule has 24 heavy (non-hydrogen) atoms. The van der Waals surface area contributed by atoms with E-state index in [-0.39, 0.29) is 18.5 Å². The van der Waals surface area contributed by atoms with Gasteiger partial charge in [-0.2, -0.15) is 0 Å².